The van der Waals surface area contributed by atoms with Crippen LogP contribution in [0.15, 0.2) is 46.3 Å². The molecule has 2 aromatic carbocycles. The van der Waals surface area contributed by atoms with Crippen molar-refractivity contribution in [3.05, 3.63) is 62.4 Å². The maximum Gasteiger partial charge on any atom is 0.137 e. The van der Waals surface area contributed by atoms with E-state index in [0.717, 1.165) is 15.8 Å². The zero-order chi connectivity index (χ0) is 15.0. The zero-order valence-corrected chi connectivity index (χ0v) is 15.8. The summed E-state index contributed by atoms with van der Waals surface area (Å²) < 4.78 is 7.66. The average molecular weight is 447 g/mol. The Morgan fingerprint density at radius 2 is 1.95 bits per heavy atom. The van der Waals surface area contributed by atoms with Gasteiger partial charge in [0.1, 0.15) is 5.75 Å². The second-order valence-corrected chi connectivity index (χ2v) is 7.68. The fourth-order valence-electron chi connectivity index (χ4n) is 2.35. The van der Waals surface area contributed by atoms with E-state index in [1.165, 1.54) is 15.6 Å². The Kier molecular flexibility index (Phi) is 4.60. The monoisotopic (exact) mass is 444 g/mol. The minimum atomic E-state index is 0.0265. The molecule has 0 fully saturated rings. The molecule has 0 aliphatic rings. The Hall–Kier alpha value is -0.550. The molecule has 108 valence electrons. The first-order chi connectivity index (χ1) is 10.1. The van der Waals surface area contributed by atoms with Crippen LogP contribution in [0.3, 0.4) is 0 Å². The van der Waals surface area contributed by atoms with E-state index >= 15 is 0 Å². The summed E-state index contributed by atoms with van der Waals surface area (Å²) in [6, 6.07) is 12.2. The highest BCUT2D eigenvalue weighted by Gasteiger charge is 2.21. The van der Waals surface area contributed by atoms with Gasteiger partial charge in [-0.05, 0) is 50.5 Å². The van der Waals surface area contributed by atoms with Crippen LogP contribution in [0.25, 0.3) is 10.1 Å². The maximum atomic E-state index is 6.20. The topological polar surface area (TPSA) is 9.23 Å². The average Bonchev–Trinajstić information content (AvgIpc) is 2.89. The number of ether oxygens (including phenoxy) is 1. The summed E-state index contributed by atoms with van der Waals surface area (Å²) in [6.45, 7) is 0. The molecule has 3 rings (SSSR count). The molecule has 0 aliphatic heterocycles. The maximum absolute atomic E-state index is 6.20. The van der Waals surface area contributed by atoms with E-state index < -0.39 is 0 Å². The van der Waals surface area contributed by atoms with E-state index in [0.29, 0.717) is 5.02 Å². The largest absolute Gasteiger partial charge is 0.495 e. The predicted molar refractivity (Wildman–Crippen MR) is 98.3 cm³/mol. The lowest BCUT2D eigenvalue weighted by Gasteiger charge is -2.16. The fourth-order valence-corrected chi connectivity index (χ4v) is 5.22. The summed E-state index contributed by atoms with van der Waals surface area (Å²) in [6.07, 6.45) is 0. The number of thiophene rings is 1. The molecule has 0 N–H and O–H groups in total. The van der Waals surface area contributed by atoms with Crippen molar-refractivity contribution in [3.63, 3.8) is 0 Å². The quantitative estimate of drug-likeness (QED) is 0.402. The van der Waals surface area contributed by atoms with Crippen LogP contribution >= 0.6 is 54.8 Å². The van der Waals surface area contributed by atoms with Crippen LogP contribution in [0.2, 0.25) is 5.02 Å². The molecular weight excluding hydrogens is 436 g/mol. The van der Waals surface area contributed by atoms with Gasteiger partial charge in [-0.2, -0.15) is 0 Å². The predicted octanol–water partition coefficient (Wildman–Crippen LogP) is 6.81. The lowest BCUT2D eigenvalue weighted by atomic mass is 10.0. The molecule has 0 saturated carbocycles. The highest BCUT2D eigenvalue weighted by molar-refractivity contribution is 9.10. The fraction of sp³-hybridized carbons (Fsp3) is 0.125. The van der Waals surface area contributed by atoms with Gasteiger partial charge in [0.2, 0.25) is 0 Å². The molecule has 3 aromatic rings. The molecule has 0 spiro atoms. The lowest BCUT2D eigenvalue weighted by molar-refractivity contribution is 0.408. The summed E-state index contributed by atoms with van der Waals surface area (Å²) in [5.41, 5.74) is 2.24. The minimum absolute atomic E-state index is 0.0265. The summed E-state index contributed by atoms with van der Waals surface area (Å²) >= 11 is 15.3. The number of rotatable bonds is 3. The van der Waals surface area contributed by atoms with Crippen molar-refractivity contribution in [1.29, 1.82) is 0 Å². The molecule has 0 bridgehead atoms. The zero-order valence-electron chi connectivity index (χ0n) is 11.1. The van der Waals surface area contributed by atoms with Crippen LogP contribution in [0.4, 0.5) is 0 Å². The number of methoxy groups -OCH3 is 1. The van der Waals surface area contributed by atoms with Gasteiger partial charge in [-0.1, -0.05) is 45.7 Å². The van der Waals surface area contributed by atoms with Crippen LogP contribution in [-0.4, -0.2) is 7.11 Å². The van der Waals surface area contributed by atoms with Crippen molar-refractivity contribution < 1.29 is 4.74 Å². The third kappa shape index (κ3) is 2.87. The van der Waals surface area contributed by atoms with Gasteiger partial charge >= 0.3 is 0 Å². The Bertz CT molecular complexity index is 800. The first-order valence-electron chi connectivity index (χ1n) is 6.25. The molecule has 21 heavy (non-hydrogen) atoms. The molecule has 0 radical (unpaired) electrons. The van der Waals surface area contributed by atoms with Gasteiger partial charge in [0.15, 0.2) is 0 Å². The summed E-state index contributed by atoms with van der Waals surface area (Å²) in [5.74, 6) is 0.802. The van der Waals surface area contributed by atoms with Gasteiger partial charge in [0.25, 0.3) is 0 Å². The summed E-state index contributed by atoms with van der Waals surface area (Å²) in [5, 5.41) is 4.11. The van der Waals surface area contributed by atoms with Crippen molar-refractivity contribution >= 4 is 64.9 Å². The smallest absolute Gasteiger partial charge is 0.137 e. The first kappa shape index (κ1) is 15.3. The minimum Gasteiger partial charge on any atom is -0.495 e. The van der Waals surface area contributed by atoms with Crippen LogP contribution in [0.1, 0.15) is 16.0 Å². The third-order valence-corrected chi connectivity index (χ3v) is 6.07. The van der Waals surface area contributed by atoms with Crippen molar-refractivity contribution in [3.8, 4) is 5.75 Å². The number of halogens is 3. The van der Waals surface area contributed by atoms with Crippen molar-refractivity contribution in [2.24, 2.45) is 0 Å². The summed E-state index contributed by atoms with van der Waals surface area (Å²) in [4.78, 5) is 0.0265. The van der Waals surface area contributed by atoms with Crippen molar-refractivity contribution in [1.82, 2.24) is 0 Å². The number of benzene rings is 2. The van der Waals surface area contributed by atoms with E-state index in [9.17, 15) is 0 Å². The van der Waals surface area contributed by atoms with Gasteiger partial charge in [-0.25, -0.2) is 0 Å². The number of alkyl halides is 1. The van der Waals surface area contributed by atoms with Crippen LogP contribution in [-0.2, 0) is 0 Å². The molecule has 1 nitrogen and oxygen atoms in total. The van der Waals surface area contributed by atoms with Gasteiger partial charge < -0.3 is 4.74 Å². The molecule has 1 atom stereocenters. The third-order valence-electron chi connectivity index (χ3n) is 3.30. The van der Waals surface area contributed by atoms with Gasteiger partial charge in [-0.15, -0.1) is 11.3 Å². The lowest BCUT2D eigenvalue weighted by Crippen LogP contribution is -1.97. The highest BCUT2D eigenvalue weighted by atomic mass is 79.9. The molecule has 1 unspecified atom stereocenters. The Labute approximate surface area is 149 Å². The van der Waals surface area contributed by atoms with Crippen LogP contribution in [0.5, 0.6) is 5.75 Å². The first-order valence-corrected chi connectivity index (χ1v) is 9.21. The molecule has 0 amide bonds. The van der Waals surface area contributed by atoms with E-state index in [4.69, 9.17) is 16.3 Å². The normalized spacial score (nSPS) is 12.6. The Balaban J connectivity index is 2.16. The van der Waals surface area contributed by atoms with E-state index in [-0.39, 0.29) is 4.83 Å². The molecule has 1 heterocycles. The van der Waals surface area contributed by atoms with Crippen molar-refractivity contribution in [2.75, 3.05) is 7.11 Å². The number of hydrogen-bond donors (Lipinski definition) is 0. The van der Waals surface area contributed by atoms with Gasteiger partial charge in [0, 0.05) is 15.3 Å². The Morgan fingerprint density at radius 1 is 1.19 bits per heavy atom. The number of fused-ring (bicyclic) bond motifs is 1. The number of hydrogen-bond acceptors (Lipinski definition) is 2. The molecule has 1 aromatic heterocycles. The molecule has 0 aliphatic carbocycles. The molecule has 0 saturated heterocycles. The summed E-state index contributed by atoms with van der Waals surface area (Å²) in [7, 11) is 1.67. The standard InChI is InChI=1S/C16H11Br2ClOS/c1-20-16-11(6-9(19)7-13(16)17)15(18)12-8-21-14-5-3-2-4-10(12)14/h2-8,15H,1H3. The van der Waals surface area contributed by atoms with E-state index in [1.807, 2.05) is 12.1 Å². The van der Waals surface area contributed by atoms with Gasteiger partial charge in [-0.3, -0.25) is 0 Å². The van der Waals surface area contributed by atoms with E-state index in [1.54, 1.807) is 18.4 Å². The van der Waals surface area contributed by atoms with Gasteiger partial charge in [0.05, 0.1) is 16.4 Å². The van der Waals surface area contributed by atoms with Crippen LogP contribution in [0, 0.1) is 0 Å². The van der Waals surface area contributed by atoms with Crippen molar-refractivity contribution in [2.45, 2.75) is 4.83 Å². The second-order valence-electron chi connectivity index (χ2n) is 4.56. The Morgan fingerprint density at radius 3 is 2.71 bits per heavy atom. The SMILES string of the molecule is COc1c(Br)cc(Cl)cc1C(Br)c1csc2ccccc12. The molecular formula is C16H11Br2ClOS. The van der Waals surface area contributed by atoms with Crippen LogP contribution < -0.4 is 4.74 Å². The molecule has 5 heteroatoms. The second kappa shape index (κ2) is 6.29. The highest BCUT2D eigenvalue weighted by Crippen LogP contribution is 2.45. The van der Waals surface area contributed by atoms with E-state index in [2.05, 4.69) is 61.5 Å².